The number of anilines is 2. The van der Waals surface area contributed by atoms with Crippen LogP contribution in [0.15, 0.2) is 36.4 Å². The van der Waals surface area contributed by atoms with Crippen LogP contribution in [-0.2, 0) is 11.3 Å². The average molecular weight is 399 g/mol. The van der Waals surface area contributed by atoms with Crippen molar-refractivity contribution in [1.82, 2.24) is 4.90 Å². The molecule has 0 heterocycles. The third kappa shape index (κ3) is 5.88. The Morgan fingerprint density at radius 1 is 1.03 bits per heavy atom. The van der Waals surface area contributed by atoms with E-state index in [1.165, 1.54) is 0 Å². The lowest BCUT2D eigenvalue weighted by atomic mass is 10.1. The van der Waals surface area contributed by atoms with Gasteiger partial charge < -0.3 is 25.0 Å². The highest BCUT2D eigenvalue weighted by Gasteiger charge is 2.15. The average Bonchev–Trinajstić information content (AvgIpc) is 2.70. The van der Waals surface area contributed by atoms with Gasteiger partial charge in [-0.25, -0.2) is 4.79 Å². The summed E-state index contributed by atoms with van der Waals surface area (Å²) in [6.45, 7) is 5.92. The number of carbonyl (C=O) groups excluding carboxylic acids is 2. The van der Waals surface area contributed by atoms with Crippen LogP contribution in [0.2, 0.25) is 0 Å². The number of aryl methyl sites for hydroxylation is 1. The number of nitrogens with zero attached hydrogens (tertiary/aromatic N) is 1. The molecule has 2 aromatic rings. The van der Waals surface area contributed by atoms with E-state index in [0.717, 1.165) is 11.1 Å². The molecule has 0 aliphatic carbocycles. The summed E-state index contributed by atoms with van der Waals surface area (Å²) in [5.74, 6) is 1.14. The van der Waals surface area contributed by atoms with E-state index in [2.05, 4.69) is 10.6 Å². The number of hydrogen-bond acceptors (Lipinski definition) is 4. The molecule has 0 unspecified atom stereocenters. The molecule has 0 saturated heterocycles. The standard InChI is InChI=1S/C22H29N3O4/c1-14(2)21(26)23-17-9-7-15(3)19(11-17)24-22(27)25(4)13-16-8-10-18(28-5)12-20(16)29-6/h7-12,14H,13H2,1-6H3,(H,23,26)(H,24,27). The van der Waals surface area contributed by atoms with Crippen LogP contribution in [0, 0.1) is 12.8 Å². The van der Waals surface area contributed by atoms with E-state index in [0.29, 0.717) is 29.4 Å². The fraction of sp³-hybridized carbons (Fsp3) is 0.364. The van der Waals surface area contributed by atoms with Crippen LogP contribution >= 0.6 is 0 Å². The van der Waals surface area contributed by atoms with Gasteiger partial charge >= 0.3 is 6.03 Å². The first-order chi connectivity index (χ1) is 13.7. The zero-order valence-corrected chi connectivity index (χ0v) is 17.8. The smallest absolute Gasteiger partial charge is 0.321 e. The van der Waals surface area contributed by atoms with Gasteiger partial charge in [-0.1, -0.05) is 19.9 Å². The van der Waals surface area contributed by atoms with Crippen molar-refractivity contribution < 1.29 is 19.1 Å². The van der Waals surface area contributed by atoms with Crippen LogP contribution in [0.5, 0.6) is 11.5 Å². The second-order valence-corrected chi connectivity index (χ2v) is 7.14. The van der Waals surface area contributed by atoms with E-state index >= 15 is 0 Å². The zero-order chi connectivity index (χ0) is 21.6. The minimum atomic E-state index is -0.265. The fourth-order valence-corrected chi connectivity index (χ4v) is 2.64. The first-order valence-corrected chi connectivity index (χ1v) is 9.39. The molecule has 7 heteroatoms. The molecule has 0 radical (unpaired) electrons. The number of methoxy groups -OCH3 is 2. The fourth-order valence-electron chi connectivity index (χ4n) is 2.64. The predicted octanol–water partition coefficient (Wildman–Crippen LogP) is 4.27. The molecule has 29 heavy (non-hydrogen) atoms. The lowest BCUT2D eigenvalue weighted by molar-refractivity contribution is -0.118. The number of carbonyl (C=O) groups is 2. The summed E-state index contributed by atoms with van der Waals surface area (Å²) in [6, 6.07) is 10.7. The van der Waals surface area contributed by atoms with Gasteiger partial charge in [0.2, 0.25) is 5.91 Å². The van der Waals surface area contributed by atoms with Gasteiger partial charge in [-0.15, -0.1) is 0 Å². The van der Waals surface area contributed by atoms with Crippen molar-refractivity contribution in [3.8, 4) is 11.5 Å². The minimum Gasteiger partial charge on any atom is -0.497 e. The molecule has 0 atom stereocenters. The van der Waals surface area contributed by atoms with Crippen LogP contribution in [0.4, 0.5) is 16.2 Å². The maximum atomic E-state index is 12.7. The highest BCUT2D eigenvalue weighted by atomic mass is 16.5. The first kappa shape index (κ1) is 22.1. The maximum absolute atomic E-state index is 12.7. The lowest BCUT2D eigenvalue weighted by Gasteiger charge is -2.21. The topological polar surface area (TPSA) is 79.9 Å². The Labute approximate surface area is 172 Å². The third-order valence-electron chi connectivity index (χ3n) is 4.52. The van der Waals surface area contributed by atoms with Crippen LogP contribution < -0.4 is 20.1 Å². The predicted molar refractivity (Wildman–Crippen MR) is 115 cm³/mol. The van der Waals surface area contributed by atoms with E-state index in [1.54, 1.807) is 38.3 Å². The molecule has 7 nitrogen and oxygen atoms in total. The molecule has 2 rings (SSSR count). The molecule has 156 valence electrons. The minimum absolute atomic E-state index is 0.0742. The molecular weight excluding hydrogens is 370 g/mol. The van der Waals surface area contributed by atoms with E-state index in [1.807, 2.05) is 45.0 Å². The zero-order valence-electron chi connectivity index (χ0n) is 17.8. The first-order valence-electron chi connectivity index (χ1n) is 9.39. The summed E-state index contributed by atoms with van der Waals surface area (Å²) in [4.78, 5) is 26.2. The van der Waals surface area contributed by atoms with Crippen LogP contribution in [0.25, 0.3) is 0 Å². The number of hydrogen-bond donors (Lipinski definition) is 2. The van der Waals surface area contributed by atoms with Gasteiger partial charge in [-0.05, 0) is 36.8 Å². The Balaban J connectivity index is 2.10. The third-order valence-corrected chi connectivity index (χ3v) is 4.52. The highest BCUT2D eigenvalue weighted by molar-refractivity contribution is 5.94. The second kappa shape index (κ2) is 9.82. The summed E-state index contributed by atoms with van der Waals surface area (Å²) < 4.78 is 10.6. The van der Waals surface area contributed by atoms with Gasteiger partial charge in [0.05, 0.1) is 20.8 Å². The van der Waals surface area contributed by atoms with Gasteiger partial charge in [-0.3, -0.25) is 4.79 Å². The van der Waals surface area contributed by atoms with Crippen LogP contribution in [-0.4, -0.2) is 38.1 Å². The Morgan fingerprint density at radius 2 is 1.76 bits per heavy atom. The normalized spacial score (nSPS) is 10.4. The van der Waals surface area contributed by atoms with E-state index in [4.69, 9.17) is 9.47 Å². The Kier molecular flexibility index (Phi) is 7.47. The van der Waals surface area contributed by atoms with Crippen molar-refractivity contribution in [2.45, 2.75) is 27.3 Å². The number of urea groups is 1. The van der Waals surface area contributed by atoms with E-state index in [-0.39, 0.29) is 17.9 Å². The number of nitrogens with one attached hydrogen (secondary N) is 2. The van der Waals surface area contributed by atoms with Gasteiger partial charge in [0.1, 0.15) is 11.5 Å². The second-order valence-electron chi connectivity index (χ2n) is 7.14. The lowest BCUT2D eigenvalue weighted by Crippen LogP contribution is -2.31. The van der Waals surface area contributed by atoms with Gasteiger partial charge in [0.15, 0.2) is 0 Å². The van der Waals surface area contributed by atoms with Crippen molar-refractivity contribution in [1.29, 1.82) is 0 Å². The molecule has 2 N–H and O–H groups in total. The molecule has 0 aliphatic heterocycles. The van der Waals surface area contributed by atoms with Gasteiger partial charge in [-0.2, -0.15) is 0 Å². The van der Waals surface area contributed by atoms with E-state index < -0.39 is 0 Å². The van der Waals surface area contributed by atoms with E-state index in [9.17, 15) is 9.59 Å². The van der Waals surface area contributed by atoms with Crippen LogP contribution in [0.3, 0.4) is 0 Å². The molecule has 0 aromatic heterocycles. The highest BCUT2D eigenvalue weighted by Crippen LogP contribution is 2.26. The molecule has 2 aromatic carbocycles. The summed E-state index contributed by atoms with van der Waals surface area (Å²) in [6.07, 6.45) is 0. The number of amides is 3. The SMILES string of the molecule is COc1ccc(CN(C)C(=O)Nc2cc(NC(=O)C(C)C)ccc2C)c(OC)c1. The number of rotatable bonds is 7. The van der Waals surface area contributed by atoms with Crippen molar-refractivity contribution >= 4 is 23.3 Å². The summed E-state index contributed by atoms with van der Waals surface area (Å²) in [7, 11) is 4.88. The summed E-state index contributed by atoms with van der Waals surface area (Å²) >= 11 is 0. The number of benzene rings is 2. The Bertz CT molecular complexity index is 880. The molecule has 0 saturated carbocycles. The van der Waals surface area contributed by atoms with Crippen LogP contribution in [0.1, 0.15) is 25.0 Å². The quantitative estimate of drug-likeness (QED) is 0.729. The molecule has 0 fully saturated rings. The largest absolute Gasteiger partial charge is 0.497 e. The molecule has 0 aliphatic rings. The molecule has 0 bridgehead atoms. The molecular formula is C22H29N3O4. The van der Waals surface area contributed by atoms with Gasteiger partial charge in [0.25, 0.3) is 0 Å². The Morgan fingerprint density at radius 3 is 2.38 bits per heavy atom. The number of ether oxygens (including phenoxy) is 2. The summed E-state index contributed by atoms with van der Waals surface area (Å²) in [5, 5.41) is 5.75. The van der Waals surface area contributed by atoms with Crippen molar-refractivity contribution in [2.24, 2.45) is 5.92 Å². The van der Waals surface area contributed by atoms with Gasteiger partial charge in [0, 0.05) is 36.0 Å². The maximum Gasteiger partial charge on any atom is 0.321 e. The molecule has 3 amide bonds. The monoisotopic (exact) mass is 399 g/mol. The Hall–Kier alpha value is -3.22. The van der Waals surface area contributed by atoms with Crippen molar-refractivity contribution in [2.75, 3.05) is 31.9 Å². The van der Waals surface area contributed by atoms with Crippen molar-refractivity contribution in [3.63, 3.8) is 0 Å². The summed E-state index contributed by atoms with van der Waals surface area (Å²) in [5.41, 5.74) is 3.05. The molecule has 0 spiro atoms. The van der Waals surface area contributed by atoms with Crippen molar-refractivity contribution in [3.05, 3.63) is 47.5 Å².